The van der Waals surface area contributed by atoms with Crippen molar-refractivity contribution in [3.05, 3.63) is 63.1 Å². The summed E-state index contributed by atoms with van der Waals surface area (Å²) in [6.07, 6.45) is -2.06. The Bertz CT molecular complexity index is 1370. The molecule has 33 heavy (non-hydrogen) atoms. The molecule has 0 spiro atoms. The largest absolute Gasteiger partial charge is 0.573 e. The van der Waals surface area contributed by atoms with Crippen molar-refractivity contribution in [1.82, 2.24) is 10.3 Å². The molecule has 0 aliphatic heterocycles. The number of aromatic nitrogens is 3. The summed E-state index contributed by atoms with van der Waals surface area (Å²) in [5, 5.41) is 2.89. The molecule has 0 radical (unpaired) electrons. The molecule has 0 amide bonds. The fraction of sp³-hybridized carbons (Fsp3) is 0.238. The van der Waals surface area contributed by atoms with Gasteiger partial charge in [-0.25, -0.2) is 9.78 Å². The van der Waals surface area contributed by atoms with Gasteiger partial charge in [0, 0.05) is 23.2 Å². The Kier molecular flexibility index (Phi) is 5.93. The Morgan fingerprint density at radius 3 is 2.64 bits per heavy atom. The zero-order valence-electron chi connectivity index (χ0n) is 17.2. The molecule has 3 heterocycles. The number of hydrogen-bond acceptors (Lipinski definition) is 7. The van der Waals surface area contributed by atoms with Gasteiger partial charge in [-0.3, -0.25) is 9.32 Å². The number of unbranched alkanes of at least 4 members (excludes halogenated alkanes) is 1. The van der Waals surface area contributed by atoms with E-state index in [0.29, 0.717) is 10.2 Å². The molecule has 0 aliphatic carbocycles. The average Bonchev–Trinajstić information content (AvgIpc) is 3.31. The molecule has 1 aromatic carbocycles. The van der Waals surface area contributed by atoms with Crippen LogP contribution < -0.4 is 20.8 Å². The molecule has 12 heteroatoms. The number of fused-ring (bicyclic) bond motifs is 1. The third-order valence-electron chi connectivity index (χ3n) is 4.83. The first-order chi connectivity index (χ1) is 15.7. The second-order valence-electron chi connectivity index (χ2n) is 7.14. The smallest absolute Gasteiger partial charge is 0.406 e. The van der Waals surface area contributed by atoms with Crippen molar-refractivity contribution in [3.8, 4) is 11.4 Å². The van der Waals surface area contributed by atoms with E-state index >= 15 is 0 Å². The highest BCUT2D eigenvalue weighted by Gasteiger charge is 2.35. The van der Waals surface area contributed by atoms with Crippen LogP contribution in [-0.2, 0) is 6.42 Å². The lowest BCUT2D eigenvalue weighted by atomic mass is 10.1. The molecule has 4 aromatic rings. The second-order valence-corrected chi connectivity index (χ2v) is 8.14. The third-order valence-corrected chi connectivity index (χ3v) is 5.95. The molecule has 3 N–H and O–H groups in total. The number of ketones is 1. The number of anilines is 1. The summed E-state index contributed by atoms with van der Waals surface area (Å²) in [5.74, 6) is -1.15. The van der Waals surface area contributed by atoms with Gasteiger partial charge in [0.25, 0.3) is 5.78 Å². The number of alkyl halides is 3. The highest BCUT2D eigenvalue weighted by atomic mass is 32.1. The summed E-state index contributed by atoms with van der Waals surface area (Å²) in [6.45, 7) is 2.08. The highest BCUT2D eigenvalue weighted by Crippen LogP contribution is 2.34. The predicted molar refractivity (Wildman–Crippen MR) is 114 cm³/mol. The number of nitrogens with zero attached hydrogens (tertiary/aromatic N) is 2. The van der Waals surface area contributed by atoms with E-state index in [4.69, 9.17) is 10.3 Å². The number of halogens is 3. The van der Waals surface area contributed by atoms with E-state index in [1.165, 1.54) is 12.1 Å². The minimum Gasteiger partial charge on any atom is -0.406 e. The number of aryl methyl sites for hydroxylation is 1. The van der Waals surface area contributed by atoms with Crippen molar-refractivity contribution in [1.29, 1.82) is 0 Å². The second kappa shape index (κ2) is 8.70. The monoisotopic (exact) mass is 479 g/mol. The SMILES string of the molecule is CCCCc1ccc2c(N)c(C(=O)c3c(=O)o[nH][n+]3-c3ccc(OC(F)(F)F)cc3)sc2n1. The lowest BCUT2D eigenvalue weighted by Crippen LogP contribution is -2.41. The van der Waals surface area contributed by atoms with Crippen molar-refractivity contribution in [2.24, 2.45) is 0 Å². The maximum atomic E-state index is 13.3. The van der Waals surface area contributed by atoms with E-state index in [2.05, 4.69) is 21.9 Å². The van der Waals surface area contributed by atoms with Crippen molar-refractivity contribution >= 4 is 33.0 Å². The third kappa shape index (κ3) is 4.60. The molecule has 0 aliphatic rings. The van der Waals surface area contributed by atoms with E-state index in [1.807, 2.05) is 6.07 Å². The van der Waals surface area contributed by atoms with E-state index in [0.717, 1.165) is 53.1 Å². The number of carbonyl (C=O) groups is 1. The van der Waals surface area contributed by atoms with Crippen LogP contribution in [0.3, 0.4) is 0 Å². The van der Waals surface area contributed by atoms with E-state index < -0.39 is 23.5 Å². The number of nitrogen functional groups attached to an aromatic ring is 1. The van der Waals surface area contributed by atoms with Gasteiger partial charge in [-0.05, 0) is 47.1 Å². The Balaban J connectivity index is 1.70. The summed E-state index contributed by atoms with van der Waals surface area (Å²) >= 11 is 1.06. The first-order valence-electron chi connectivity index (χ1n) is 9.90. The van der Waals surface area contributed by atoms with Gasteiger partial charge in [-0.15, -0.1) is 24.5 Å². The number of thiophene rings is 1. The summed E-state index contributed by atoms with van der Waals surface area (Å²) in [5.41, 5.74) is 6.09. The van der Waals surface area contributed by atoms with Crippen molar-refractivity contribution in [2.45, 2.75) is 32.5 Å². The Morgan fingerprint density at radius 2 is 1.97 bits per heavy atom. The van der Waals surface area contributed by atoms with E-state index in [-0.39, 0.29) is 21.9 Å². The van der Waals surface area contributed by atoms with Gasteiger partial charge < -0.3 is 10.5 Å². The first-order valence-corrected chi connectivity index (χ1v) is 10.7. The molecule has 0 atom stereocenters. The lowest BCUT2D eigenvalue weighted by Gasteiger charge is -2.07. The molecular formula is C21H18F3N4O4S+. The Hall–Kier alpha value is -3.67. The summed E-state index contributed by atoms with van der Waals surface area (Å²) in [6, 6.07) is 8.21. The van der Waals surface area contributed by atoms with Gasteiger partial charge in [-0.1, -0.05) is 13.3 Å². The summed E-state index contributed by atoms with van der Waals surface area (Å²) in [7, 11) is 0. The van der Waals surface area contributed by atoms with Crippen LogP contribution in [0.5, 0.6) is 5.75 Å². The topological polar surface area (TPSA) is 115 Å². The minimum atomic E-state index is -4.84. The number of benzene rings is 1. The molecule has 3 aromatic heterocycles. The number of nitrogens with one attached hydrogen (secondary N) is 1. The number of pyridine rings is 1. The number of rotatable bonds is 7. The lowest BCUT2D eigenvalue weighted by molar-refractivity contribution is -0.672. The van der Waals surface area contributed by atoms with Crippen LogP contribution in [0.2, 0.25) is 0 Å². The van der Waals surface area contributed by atoms with Gasteiger partial charge in [0.2, 0.25) is 5.69 Å². The van der Waals surface area contributed by atoms with E-state index in [9.17, 15) is 22.8 Å². The van der Waals surface area contributed by atoms with E-state index in [1.54, 1.807) is 6.07 Å². The fourth-order valence-corrected chi connectivity index (χ4v) is 4.31. The first kappa shape index (κ1) is 22.5. The Morgan fingerprint density at radius 1 is 1.24 bits per heavy atom. The van der Waals surface area contributed by atoms with Gasteiger partial charge in [0.15, 0.2) is 0 Å². The number of aromatic amines is 1. The van der Waals surface area contributed by atoms with Crippen molar-refractivity contribution < 1.29 is 31.9 Å². The standard InChI is InChI=1S/C21H17F3N4O4S/c1-2-3-4-11-5-10-14-15(25)18(33-19(14)26-11)17(29)16-20(30)32-27-28(16)12-6-8-13(9-7-12)31-21(22,23)24/h5-10H,2-4H2,1H3,(H2-,25,27,29,30)/p+1. The fourth-order valence-electron chi connectivity index (χ4n) is 3.25. The molecule has 0 saturated heterocycles. The number of nitrogens with two attached hydrogens (primary N) is 1. The van der Waals surface area contributed by atoms with Crippen molar-refractivity contribution in [3.63, 3.8) is 0 Å². The summed E-state index contributed by atoms with van der Waals surface area (Å²) < 4.78 is 46.8. The van der Waals surface area contributed by atoms with Crippen LogP contribution in [0.15, 0.2) is 45.7 Å². The Labute approximate surface area is 188 Å². The van der Waals surface area contributed by atoms with Gasteiger partial charge >= 0.3 is 17.7 Å². The van der Waals surface area contributed by atoms with Crippen LogP contribution in [0, 0.1) is 0 Å². The predicted octanol–water partition coefficient (Wildman–Crippen LogP) is 3.91. The molecule has 0 fully saturated rings. The van der Waals surface area contributed by atoms with Gasteiger partial charge in [0.05, 0.1) is 5.69 Å². The van der Waals surface area contributed by atoms with Crippen LogP contribution in [0.4, 0.5) is 18.9 Å². The number of ether oxygens (including phenoxy) is 1. The average molecular weight is 479 g/mol. The minimum absolute atomic E-state index is 0.114. The highest BCUT2D eigenvalue weighted by molar-refractivity contribution is 7.21. The molecule has 0 saturated carbocycles. The summed E-state index contributed by atoms with van der Waals surface area (Å²) in [4.78, 5) is 30.8. The van der Waals surface area contributed by atoms with Gasteiger partial charge in [0.1, 0.15) is 15.5 Å². The van der Waals surface area contributed by atoms with Crippen molar-refractivity contribution in [2.75, 3.05) is 5.73 Å². The molecule has 0 bridgehead atoms. The van der Waals surface area contributed by atoms with Crippen LogP contribution in [0.25, 0.3) is 15.9 Å². The van der Waals surface area contributed by atoms with Gasteiger partial charge in [-0.2, -0.15) is 0 Å². The molecule has 172 valence electrons. The molecule has 0 unspecified atom stereocenters. The zero-order valence-corrected chi connectivity index (χ0v) is 18.0. The maximum absolute atomic E-state index is 13.3. The number of H-pyrrole nitrogens is 1. The van der Waals surface area contributed by atoms with Crippen LogP contribution in [-0.4, -0.2) is 22.4 Å². The van der Waals surface area contributed by atoms with Crippen LogP contribution in [0.1, 0.15) is 40.8 Å². The normalized spacial score (nSPS) is 11.8. The maximum Gasteiger partial charge on any atom is 0.573 e. The number of carbonyl (C=O) groups excluding carboxylic acids is 1. The molecular weight excluding hydrogens is 461 g/mol. The zero-order chi connectivity index (χ0) is 23.8. The van der Waals surface area contributed by atoms with Crippen LogP contribution >= 0.6 is 11.3 Å². The molecule has 4 rings (SSSR count). The quantitative estimate of drug-likeness (QED) is 0.307. The number of hydrogen-bond donors (Lipinski definition) is 2. The molecule has 8 nitrogen and oxygen atoms in total.